The number of carboxylic acids is 1. The highest BCUT2D eigenvalue weighted by atomic mass is 16.4. The van der Waals surface area contributed by atoms with Crippen LogP contribution in [0.4, 0.5) is 16.2 Å². The fourth-order valence-electron chi connectivity index (χ4n) is 4.50. The monoisotopic (exact) mass is 444 g/mol. The molecule has 0 saturated carbocycles. The highest BCUT2D eigenvalue weighted by Gasteiger charge is 2.42. The van der Waals surface area contributed by atoms with Gasteiger partial charge in [0.15, 0.2) is 0 Å². The van der Waals surface area contributed by atoms with E-state index in [1.165, 1.54) is 9.80 Å². The molecule has 2 aliphatic rings. The van der Waals surface area contributed by atoms with E-state index in [1.54, 1.807) is 24.3 Å². The number of hydrogen-bond acceptors (Lipinski definition) is 4. The number of benzene rings is 1. The van der Waals surface area contributed by atoms with Crippen LogP contribution in [0.15, 0.2) is 24.3 Å². The number of nitrogens with one attached hydrogen (secondary N) is 2. The summed E-state index contributed by atoms with van der Waals surface area (Å²) in [5, 5.41) is 15.2. The molecule has 9 heteroatoms. The summed E-state index contributed by atoms with van der Waals surface area (Å²) in [7, 11) is 0. The van der Waals surface area contributed by atoms with Gasteiger partial charge in [0.1, 0.15) is 18.1 Å². The van der Waals surface area contributed by atoms with Crippen molar-refractivity contribution < 1.29 is 24.3 Å². The van der Waals surface area contributed by atoms with Gasteiger partial charge in [0, 0.05) is 6.54 Å². The van der Waals surface area contributed by atoms with Crippen LogP contribution in [0.5, 0.6) is 0 Å². The molecule has 174 valence electrons. The molecule has 0 unspecified atom stereocenters. The Morgan fingerprint density at radius 1 is 1.19 bits per heavy atom. The lowest BCUT2D eigenvalue weighted by molar-refractivity contribution is -0.149. The molecule has 0 radical (unpaired) electrons. The Morgan fingerprint density at radius 3 is 2.50 bits per heavy atom. The van der Waals surface area contributed by atoms with Crippen LogP contribution in [0, 0.1) is 11.8 Å². The fourth-order valence-corrected chi connectivity index (χ4v) is 4.50. The lowest BCUT2D eigenvalue weighted by Crippen LogP contribution is -2.60. The van der Waals surface area contributed by atoms with Crippen LogP contribution in [-0.4, -0.2) is 58.5 Å². The SMILES string of the molecule is CC(C)C[C@H](NC(=O)N1c2ccccc2NC(=O)[C@@H]1C(C)C)C(=O)N1CCC[C@@H]1C(=O)O. The summed E-state index contributed by atoms with van der Waals surface area (Å²) in [6.07, 6.45) is 1.38. The summed E-state index contributed by atoms with van der Waals surface area (Å²) in [6.45, 7) is 7.94. The molecule has 9 nitrogen and oxygen atoms in total. The zero-order chi connectivity index (χ0) is 23.6. The van der Waals surface area contributed by atoms with Crippen molar-refractivity contribution in [3.05, 3.63) is 24.3 Å². The summed E-state index contributed by atoms with van der Waals surface area (Å²) in [5.41, 5.74) is 1.09. The van der Waals surface area contributed by atoms with Crippen molar-refractivity contribution >= 4 is 35.2 Å². The number of amides is 4. The maximum absolute atomic E-state index is 13.5. The largest absolute Gasteiger partial charge is 0.480 e. The van der Waals surface area contributed by atoms with E-state index in [1.807, 2.05) is 27.7 Å². The zero-order valence-corrected chi connectivity index (χ0v) is 19.0. The second-order valence-corrected chi connectivity index (χ2v) is 9.22. The highest BCUT2D eigenvalue weighted by molar-refractivity contribution is 6.12. The zero-order valence-electron chi connectivity index (χ0n) is 19.0. The van der Waals surface area contributed by atoms with E-state index in [0.717, 1.165) is 0 Å². The van der Waals surface area contributed by atoms with E-state index in [-0.39, 0.29) is 17.7 Å². The summed E-state index contributed by atoms with van der Waals surface area (Å²) in [6, 6.07) is 3.99. The summed E-state index contributed by atoms with van der Waals surface area (Å²) < 4.78 is 0. The molecule has 32 heavy (non-hydrogen) atoms. The van der Waals surface area contributed by atoms with Gasteiger partial charge in [-0.05, 0) is 43.2 Å². The number of para-hydroxylation sites is 2. The number of hydrogen-bond donors (Lipinski definition) is 3. The summed E-state index contributed by atoms with van der Waals surface area (Å²) >= 11 is 0. The lowest BCUT2D eigenvalue weighted by Gasteiger charge is -2.39. The van der Waals surface area contributed by atoms with E-state index in [0.29, 0.717) is 37.2 Å². The molecule has 3 N–H and O–H groups in total. The average molecular weight is 445 g/mol. The molecule has 0 bridgehead atoms. The maximum Gasteiger partial charge on any atom is 0.326 e. The minimum Gasteiger partial charge on any atom is -0.480 e. The molecule has 1 aromatic carbocycles. The van der Waals surface area contributed by atoms with E-state index in [2.05, 4.69) is 10.6 Å². The predicted molar refractivity (Wildman–Crippen MR) is 120 cm³/mol. The third kappa shape index (κ3) is 4.71. The van der Waals surface area contributed by atoms with Crippen molar-refractivity contribution in [2.45, 2.75) is 65.1 Å². The van der Waals surface area contributed by atoms with E-state index in [9.17, 15) is 24.3 Å². The van der Waals surface area contributed by atoms with E-state index >= 15 is 0 Å². The first-order valence-electron chi connectivity index (χ1n) is 11.1. The Balaban J connectivity index is 1.90. The fraction of sp³-hybridized carbons (Fsp3) is 0.565. The van der Waals surface area contributed by atoms with Gasteiger partial charge in [0.2, 0.25) is 11.8 Å². The first-order chi connectivity index (χ1) is 15.1. The molecule has 1 fully saturated rings. The quantitative estimate of drug-likeness (QED) is 0.623. The van der Waals surface area contributed by atoms with Crippen LogP contribution in [0.25, 0.3) is 0 Å². The van der Waals surface area contributed by atoms with Crippen molar-refractivity contribution in [3.8, 4) is 0 Å². The Bertz CT molecular complexity index is 900. The second-order valence-electron chi connectivity index (χ2n) is 9.22. The first kappa shape index (κ1) is 23.6. The number of nitrogens with zero attached hydrogens (tertiary/aromatic N) is 2. The Labute approximate surface area is 188 Å². The second kappa shape index (κ2) is 9.58. The van der Waals surface area contributed by atoms with Crippen LogP contribution in [0.3, 0.4) is 0 Å². The van der Waals surface area contributed by atoms with Gasteiger partial charge in [0.25, 0.3) is 0 Å². The number of likely N-dealkylation sites (tertiary alicyclic amines) is 1. The maximum atomic E-state index is 13.5. The summed E-state index contributed by atoms with van der Waals surface area (Å²) in [4.78, 5) is 53.9. The molecule has 1 aromatic rings. The molecule has 0 spiro atoms. The van der Waals surface area contributed by atoms with Crippen molar-refractivity contribution in [2.24, 2.45) is 11.8 Å². The van der Waals surface area contributed by atoms with Gasteiger partial charge in [-0.3, -0.25) is 14.5 Å². The van der Waals surface area contributed by atoms with Crippen molar-refractivity contribution in [1.82, 2.24) is 10.2 Å². The molecule has 2 heterocycles. The number of anilines is 2. The van der Waals surface area contributed by atoms with Crippen LogP contribution < -0.4 is 15.5 Å². The van der Waals surface area contributed by atoms with Gasteiger partial charge in [-0.1, -0.05) is 39.8 Å². The molecule has 0 aromatic heterocycles. The Morgan fingerprint density at radius 2 is 1.88 bits per heavy atom. The van der Waals surface area contributed by atoms with Crippen molar-refractivity contribution in [1.29, 1.82) is 0 Å². The molecular weight excluding hydrogens is 412 g/mol. The number of carboxylic acid groups (broad SMARTS) is 1. The highest BCUT2D eigenvalue weighted by Crippen LogP contribution is 2.34. The van der Waals surface area contributed by atoms with Gasteiger partial charge in [-0.25, -0.2) is 9.59 Å². The molecular formula is C23H32N4O5. The predicted octanol–water partition coefficient (Wildman–Crippen LogP) is 2.67. The first-order valence-corrected chi connectivity index (χ1v) is 11.1. The Hall–Kier alpha value is -3.10. The average Bonchev–Trinajstić information content (AvgIpc) is 3.21. The van der Waals surface area contributed by atoms with E-state index < -0.39 is 36.0 Å². The number of carbonyl (C=O) groups is 4. The van der Waals surface area contributed by atoms with Crippen molar-refractivity contribution in [3.63, 3.8) is 0 Å². The van der Waals surface area contributed by atoms with Gasteiger partial charge in [-0.15, -0.1) is 0 Å². The number of aliphatic carboxylic acids is 1. The third-order valence-corrected chi connectivity index (χ3v) is 5.94. The van der Waals surface area contributed by atoms with Crippen molar-refractivity contribution in [2.75, 3.05) is 16.8 Å². The molecule has 1 saturated heterocycles. The minimum atomic E-state index is -1.04. The molecule has 4 amide bonds. The topological polar surface area (TPSA) is 119 Å². The van der Waals surface area contributed by atoms with Gasteiger partial charge in [-0.2, -0.15) is 0 Å². The molecule has 0 aliphatic carbocycles. The molecule has 3 atom stereocenters. The van der Waals surface area contributed by atoms with Gasteiger partial charge < -0.3 is 20.6 Å². The Kier molecular flexibility index (Phi) is 7.06. The number of rotatable bonds is 6. The normalized spacial score (nSPS) is 21.4. The summed E-state index contributed by atoms with van der Waals surface area (Å²) in [5.74, 6) is -1.79. The van der Waals surface area contributed by atoms with Gasteiger partial charge in [0.05, 0.1) is 11.4 Å². The minimum absolute atomic E-state index is 0.0907. The molecule has 2 aliphatic heterocycles. The van der Waals surface area contributed by atoms with Crippen LogP contribution in [-0.2, 0) is 14.4 Å². The van der Waals surface area contributed by atoms with Crippen LogP contribution >= 0.6 is 0 Å². The van der Waals surface area contributed by atoms with E-state index in [4.69, 9.17) is 0 Å². The van der Waals surface area contributed by atoms with Crippen LogP contribution in [0.1, 0.15) is 47.0 Å². The lowest BCUT2D eigenvalue weighted by atomic mass is 9.97. The van der Waals surface area contributed by atoms with Crippen LogP contribution in [0.2, 0.25) is 0 Å². The standard InChI is InChI=1S/C23H32N4O5/c1-13(2)12-16(21(29)26-11-7-10-18(26)22(30)31)25-23(32)27-17-9-6-5-8-15(17)24-20(28)19(27)14(3)4/h5-6,8-9,13-14,16,18-19H,7,10-12H2,1-4H3,(H,24,28)(H,25,32)(H,30,31)/t16-,18+,19-/m0/s1. The smallest absolute Gasteiger partial charge is 0.326 e. The number of carbonyl (C=O) groups excluding carboxylic acids is 3. The molecule has 3 rings (SSSR count). The van der Waals surface area contributed by atoms with Gasteiger partial charge >= 0.3 is 12.0 Å². The third-order valence-electron chi connectivity index (χ3n) is 5.94. The number of fused-ring (bicyclic) bond motifs is 1. The number of urea groups is 1.